The summed E-state index contributed by atoms with van der Waals surface area (Å²) < 4.78 is 44.0. The average molecular weight is 525 g/mol. The summed E-state index contributed by atoms with van der Waals surface area (Å²) in [7, 11) is 0. The smallest absolute Gasteiger partial charge is 0.372 e. The van der Waals surface area contributed by atoms with Crippen molar-refractivity contribution in [2.45, 2.75) is 25.1 Å². The van der Waals surface area contributed by atoms with Gasteiger partial charge in [0.2, 0.25) is 11.9 Å². The Labute approximate surface area is 209 Å². The molecule has 1 saturated heterocycles. The molecular formula is C23H24ClF3N6O3. The van der Waals surface area contributed by atoms with Gasteiger partial charge in [-0.2, -0.15) is 18.3 Å². The molecule has 4 rings (SSSR count). The van der Waals surface area contributed by atoms with Crippen molar-refractivity contribution in [3.63, 3.8) is 0 Å². The summed E-state index contributed by atoms with van der Waals surface area (Å²) in [6, 6.07) is 5.29. The van der Waals surface area contributed by atoms with Gasteiger partial charge in [-0.25, -0.2) is 15.1 Å². The van der Waals surface area contributed by atoms with Crippen molar-refractivity contribution in [2.24, 2.45) is 0 Å². The van der Waals surface area contributed by atoms with E-state index < -0.39 is 17.8 Å². The monoisotopic (exact) mass is 524 g/mol. The van der Waals surface area contributed by atoms with Crippen LogP contribution in [0.5, 0.6) is 0 Å². The van der Waals surface area contributed by atoms with E-state index in [1.807, 2.05) is 6.07 Å². The third-order valence-electron chi connectivity index (χ3n) is 5.97. The number of anilines is 1. The van der Waals surface area contributed by atoms with Crippen LogP contribution < -0.4 is 10.5 Å². The SMILES string of the molecule is O=C(CCCOC(CCl)c1cccc2c(=O)[nH]ncc12)N1CCN(c2ncc(C(F)(F)F)cn2)CC1. The van der Waals surface area contributed by atoms with Gasteiger partial charge in [-0.05, 0) is 18.1 Å². The van der Waals surface area contributed by atoms with Gasteiger partial charge in [0.05, 0.1) is 29.1 Å². The zero-order valence-corrected chi connectivity index (χ0v) is 19.9. The van der Waals surface area contributed by atoms with Crippen molar-refractivity contribution in [3.8, 4) is 0 Å². The van der Waals surface area contributed by atoms with Crippen molar-refractivity contribution >= 4 is 34.2 Å². The van der Waals surface area contributed by atoms with Crippen molar-refractivity contribution in [1.82, 2.24) is 25.1 Å². The Bertz CT molecular complexity index is 1250. The van der Waals surface area contributed by atoms with E-state index >= 15 is 0 Å². The van der Waals surface area contributed by atoms with Crippen LogP contribution in [-0.4, -0.2) is 69.6 Å². The van der Waals surface area contributed by atoms with Crippen molar-refractivity contribution in [3.05, 3.63) is 58.3 Å². The first-order valence-electron chi connectivity index (χ1n) is 11.3. The molecule has 0 spiro atoms. The number of carbonyl (C=O) groups excluding carboxylic acids is 1. The van der Waals surface area contributed by atoms with E-state index in [4.69, 9.17) is 16.3 Å². The van der Waals surface area contributed by atoms with E-state index in [1.165, 1.54) is 0 Å². The molecule has 1 aliphatic heterocycles. The summed E-state index contributed by atoms with van der Waals surface area (Å²) in [5, 5.41) is 7.42. The molecule has 0 aliphatic carbocycles. The van der Waals surface area contributed by atoms with E-state index in [0.717, 1.165) is 18.0 Å². The quantitative estimate of drug-likeness (QED) is 0.356. The maximum Gasteiger partial charge on any atom is 0.419 e. The Kier molecular flexibility index (Phi) is 8.04. The number of benzene rings is 1. The molecule has 1 aromatic carbocycles. The van der Waals surface area contributed by atoms with E-state index in [-0.39, 0.29) is 29.7 Å². The fourth-order valence-corrected chi connectivity index (χ4v) is 4.29. The number of aromatic amines is 1. The third-order valence-corrected chi connectivity index (χ3v) is 6.25. The summed E-state index contributed by atoms with van der Waals surface area (Å²) >= 11 is 6.12. The van der Waals surface area contributed by atoms with Gasteiger partial charge in [0, 0.05) is 57.0 Å². The molecule has 1 unspecified atom stereocenters. The lowest BCUT2D eigenvalue weighted by atomic mass is 10.0. The molecule has 1 N–H and O–H groups in total. The number of nitrogens with one attached hydrogen (secondary N) is 1. The number of fused-ring (bicyclic) bond motifs is 1. The number of hydrogen-bond donors (Lipinski definition) is 1. The van der Waals surface area contributed by atoms with E-state index in [9.17, 15) is 22.8 Å². The molecule has 36 heavy (non-hydrogen) atoms. The third kappa shape index (κ3) is 5.93. The number of halogens is 4. The van der Waals surface area contributed by atoms with Gasteiger partial charge in [0.1, 0.15) is 0 Å². The van der Waals surface area contributed by atoms with Crippen LogP contribution in [-0.2, 0) is 15.7 Å². The first-order chi connectivity index (χ1) is 17.3. The number of amides is 1. The van der Waals surface area contributed by atoms with E-state index in [0.29, 0.717) is 50.0 Å². The summed E-state index contributed by atoms with van der Waals surface area (Å²) in [4.78, 5) is 35.7. The predicted octanol–water partition coefficient (Wildman–Crippen LogP) is 3.16. The van der Waals surface area contributed by atoms with Gasteiger partial charge >= 0.3 is 6.18 Å². The highest BCUT2D eigenvalue weighted by atomic mass is 35.5. The molecular weight excluding hydrogens is 501 g/mol. The van der Waals surface area contributed by atoms with Gasteiger partial charge in [-0.15, -0.1) is 11.6 Å². The number of aromatic nitrogens is 4. The minimum Gasteiger partial charge on any atom is -0.372 e. The Hall–Kier alpha value is -3.25. The molecule has 2 aromatic heterocycles. The Morgan fingerprint density at radius 1 is 1.11 bits per heavy atom. The van der Waals surface area contributed by atoms with Gasteiger partial charge < -0.3 is 14.5 Å². The summed E-state index contributed by atoms with van der Waals surface area (Å²) in [5.41, 5.74) is -0.434. The Balaban J connectivity index is 1.24. The van der Waals surface area contributed by atoms with E-state index in [1.54, 1.807) is 28.1 Å². The van der Waals surface area contributed by atoms with Crippen molar-refractivity contribution in [2.75, 3.05) is 43.6 Å². The molecule has 192 valence electrons. The Morgan fingerprint density at radius 3 is 2.50 bits per heavy atom. The summed E-state index contributed by atoms with van der Waals surface area (Å²) in [6.45, 7) is 2.00. The number of alkyl halides is 4. The zero-order chi connectivity index (χ0) is 25.7. The molecule has 3 aromatic rings. The van der Waals surface area contributed by atoms with Crippen LogP contribution in [0.2, 0.25) is 0 Å². The van der Waals surface area contributed by atoms with Gasteiger partial charge in [-0.1, -0.05) is 12.1 Å². The minimum absolute atomic E-state index is 0.0325. The van der Waals surface area contributed by atoms with Crippen LogP contribution >= 0.6 is 11.6 Å². The summed E-state index contributed by atoms with van der Waals surface area (Å²) in [5.74, 6) is 0.351. The first-order valence-corrected chi connectivity index (χ1v) is 11.9. The molecule has 9 nitrogen and oxygen atoms in total. The molecule has 1 amide bonds. The van der Waals surface area contributed by atoms with Crippen LogP contribution in [0.3, 0.4) is 0 Å². The fourth-order valence-electron chi connectivity index (χ4n) is 4.03. The number of rotatable bonds is 8. The lowest BCUT2D eigenvalue weighted by molar-refractivity contribution is -0.138. The maximum atomic E-state index is 12.7. The lowest BCUT2D eigenvalue weighted by Gasteiger charge is -2.34. The molecule has 1 atom stereocenters. The normalized spacial score (nSPS) is 15.3. The standard InChI is InChI=1S/C23H24ClF3N6O3/c24-11-19(16-3-1-4-17-18(16)14-30-31-21(17)35)36-10-2-5-20(34)32-6-8-33(9-7-32)22-28-12-15(13-29-22)23(25,26)27/h1,3-4,12-14,19H,2,5-11H2,(H,31,35). The second-order valence-electron chi connectivity index (χ2n) is 8.26. The summed E-state index contributed by atoms with van der Waals surface area (Å²) in [6.07, 6.45) is -1.08. The maximum absolute atomic E-state index is 12.7. The number of nitrogens with zero attached hydrogens (tertiary/aromatic N) is 5. The molecule has 0 saturated carbocycles. The average Bonchev–Trinajstić information content (AvgIpc) is 2.88. The second kappa shape index (κ2) is 11.2. The number of H-pyrrole nitrogens is 1. The molecule has 13 heteroatoms. The lowest BCUT2D eigenvalue weighted by Crippen LogP contribution is -2.49. The number of piperazine rings is 1. The molecule has 0 radical (unpaired) electrons. The second-order valence-corrected chi connectivity index (χ2v) is 8.57. The van der Waals surface area contributed by atoms with Crippen LogP contribution in [0, 0.1) is 0 Å². The van der Waals surface area contributed by atoms with E-state index in [2.05, 4.69) is 20.2 Å². The molecule has 3 heterocycles. The number of ether oxygens (including phenoxy) is 1. The highest BCUT2D eigenvalue weighted by Crippen LogP contribution is 2.29. The predicted molar refractivity (Wildman–Crippen MR) is 127 cm³/mol. The molecule has 0 bridgehead atoms. The molecule has 1 fully saturated rings. The highest BCUT2D eigenvalue weighted by Gasteiger charge is 2.32. The van der Waals surface area contributed by atoms with Gasteiger partial charge in [0.15, 0.2) is 0 Å². The fraction of sp³-hybridized carbons (Fsp3) is 0.435. The molecule has 1 aliphatic rings. The zero-order valence-electron chi connectivity index (χ0n) is 19.2. The Morgan fingerprint density at radius 2 is 1.83 bits per heavy atom. The number of carbonyl (C=O) groups is 1. The minimum atomic E-state index is -4.48. The van der Waals surface area contributed by atoms with Gasteiger partial charge in [0.25, 0.3) is 5.56 Å². The largest absolute Gasteiger partial charge is 0.419 e. The van der Waals surface area contributed by atoms with Gasteiger partial charge in [-0.3, -0.25) is 9.59 Å². The van der Waals surface area contributed by atoms with Crippen LogP contribution in [0.1, 0.15) is 30.1 Å². The number of hydrogen-bond acceptors (Lipinski definition) is 7. The van der Waals surface area contributed by atoms with Crippen LogP contribution in [0.25, 0.3) is 10.8 Å². The van der Waals surface area contributed by atoms with Crippen LogP contribution in [0.15, 0.2) is 41.6 Å². The van der Waals surface area contributed by atoms with Crippen molar-refractivity contribution in [1.29, 1.82) is 0 Å². The first kappa shape index (κ1) is 25.8. The van der Waals surface area contributed by atoms with Crippen molar-refractivity contribution < 1.29 is 22.7 Å². The highest BCUT2D eigenvalue weighted by molar-refractivity contribution is 6.18. The van der Waals surface area contributed by atoms with Crippen LogP contribution in [0.4, 0.5) is 19.1 Å². The topological polar surface area (TPSA) is 104 Å².